The standard InChI is InChI=1S/C30H33BrFN3O4S/c1-21-7-17-28(18-8-21)40(38,39)35(27-15-13-25(32)14-16-27)20-29(36)34(19-23-9-11-24(31)12-10-23)22(2)30(37)33-26-5-3-4-6-26/h7-18,22,26H,3-6,19-20H2,1-2H3,(H,33,37). The number of hydrogen-bond donors (Lipinski definition) is 1. The van der Waals surface area contributed by atoms with Gasteiger partial charge in [-0.2, -0.15) is 0 Å². The molecular weight excluding hydrogens is 597 g/mol. The molecule has 1 aliphatic rings. The van der Waals surface area contributed by atoms with Crippen molar-refractivity contribution in [3.63, 3.8) is 0 Å². The van der Waals surface area contributed by atoms with Crippen molar-refractivity contribution in [2.45, 2.75) is 63.1 Å². The molecule has 0 aliphatic heterocycles. The molecule has 0 bridgehead atoms. The zero-order valence-corrected chi connectivity index (χ0v) is 24.9. The number of hydrogen-bond acceptors (Lipinski definition) is 4. The molecule has 3 aromatic carbocycles. The fourth-order valence-electron chi connectivity index (χ4n) is 4.73. The van der Waals surface area contributed by atoms with E-state index in [0.717, 1.165) is 57.7 Å². The molecule has 1 N–H and O–H groups in total. The van der Waals surface area contributed by atoms with Crippen molar-refractivity contribution in [3.05, 3.63) is 94.2 Å². The number of aryl methyl sites for hydroxylation is 1. The summed E-state index contributed by atoms with van der Waals surface area (Å²) in [4.78, 5) is 28.6. The van der Waals surface area contributed by atoms with Crippen molar-refractivity contribution in [1.82, 2.24) is 10.2 Å². The maximum Gasteiger partial charge on any atom is 0.264 e. The van der Waals surface area contributed by atoms with Gasteiger partial charge in [-0.05, 0) is 80.8 Å². The molecule has 40 heavy (non-hydrogen) atoms. The van der Waals surface area contributed by atoms with Crippen molar-refractivity contribution in [1.29, 1.82) is 0 Å². The Bertz CT molecular complexity index is 1430. The lowest BCUT2D eigenvalue weighted by atomic mass is 10.1. The van der Waals surface area contributed by atoms with E-state index in [9.17, 15) is 22.4 Å². The smallest absolute Gasteiger partial charge is 0.264 e. The van der Waals surface area contributed by atoms with E-state index in [-0.39, 0.29) is 29.1 Å². The summed E-state index contributed by atoms with van der Waals surface area (Å²) in [5.74, 6) is -1.37. The van der Waals surface area contributed by atoms with E-state index in [1.165, 1.54) is 29.2 Å². The SMILES string of the molecule is Cc1ccc(S(=O)(=O)N(CC(=O)N(Cc2ccc(Br)cc2)C(C)C(=O)NC2CCCC2)c2ccc(F)cc2)cc1. The van der Waals surface area contributed by atoms with Crippen LogP contribution in [0.3, 0.4) is 0 Å². The number of carbonyl (C=O) groups excluding carboxylic acids is 2. The van der Waals surface area contributed by atoms with Gasteiger partial charge in [0, 0.05) is 17.1 Å². The number of halogens is 2. The van der Waals surface area contributed by atoms with Gasteiger partial charge in [0.25, 0.3) is 10.0 Å². The summed E-state index contributed by atoms with van der Waals surface area (Å²) in [5, 5.41) is 3.05. The molecule has 1 fully saturated rings. The molecular formula is C30H33BrFN3O4S. The van der Waals surface area contributed by atoms with E-state index in [1.54, 1.807) is 19.1 Å². The maximum atomic E-state index is 13.9. The van der Waals surface area contributed by atoms with Crippen LogP contribution in [0.5, 0.6) is 0 Å². The van der Waals surface area contributed by atoms with Crippen molar-refractivity contribution in [3.8, 4) is 0 Å². The van der Waals surface area contributed by atoms with Crippen LogP contribution < -0.4 is 9.62 Å². The van der Waals surface area contributed by atoms with E-state index < -0.39 is 34.3 Å². The molecule has 1 aliphatic carbocycles. The summed E-state index contributed by atoms with van der Waals surface area (Å²) in [5.41, 5.74) is 1.81. The topological polar surface area (TPSA) is 86.8 Å². The molecule has 0 heterocycles. The quantitative estimate of drug-likeness (QED) is 0.318. The number of sulfonamides is 1. The fraction of sp³-hybridized carbons (Fsp3) is 0.333. The number of rotatable bonds is 10. The summed E-state index contributed by atoms with van der Waals surface area (Å²) < 4.78 is 43.2. The molecule has 1 unspecified atom stereocenters. The third-order valence-electron chi connectivity index (χ3n) is 7.14. The van der Waals surface area contributed by atoms with Crippen molar-refractivity contribution in [2.24, 2.45) is 0 Å². The van der Waals surface area contributed by atoms with Crippen LogP contribution >= 0.6 is 15.9 Å². The zero-order chi connectivity index (χ0) is 28.9. The second kappa shape index (κ2) is 13.0. The van der Waals surface area contributed by atoms with Gasteiger partial charge in [0.2, 0.25) is 11.8 Å². The van der Waals surface area contributed by atoms with Crippen molar-refractivity contribution in [2.75, 3.05) is 10.8 Å². The highest BCUT2D eigenvalue weighted by Crippen LogP contribution is 2.26. The highest BCUT2D eigenvalue weighted by atomic mass is 79.9. The molecule has 0 saturated heterocycles. The van der Waals surface area contributed by atoms with Crippen LogP contribution in [0.2, 0.25) is 0 Å². The Morgan fingerprint density at radius 2 is 1.57 bits per heavy atom. The lowest BCUT2D eigenvalue weighted by Crippen LogP contribution is -2.52. The number of benzene rings is 3. The van der Waals surface area contributed by atoms with Gasteiger partial charge in [-0.1, -0.05) is 58.6 Å². The van der Waals surface area contributed by atoms with Gasteiger partial charge in [0.05, 0.1) is 10.6 Å². The van der Waals surface area contributed by atoms with Crippen molar-refractivity contribution >= 4 is 43.5 Å². The van der Waals surface area contributed by atoms with E-state index in [2.05, 4.69) is 21.2 Å². The van der Waals surface area contributed by atoms with Crippen LogP contribution in [-0.2, 0) is 26.2 Å². The molecule has 0 radical (unpaired) electrons. The van der Waals surface area contributed by atoms with Crippen LogP contribution in [-0.4, -0.2) is 43.8 Å². The predicted octanol–water partition coefficient (Wildman–Crippen LogP) is 5.57. The first-order valence-electron chi connectivity index (χ1n) is 13.2. The van der Waals surface area contributed by atoms with E-state index in [1.807, 2.05) is 31.2 Å². The highest BCUT2D eigenvalue weighted by molar-refractivity contribution is 9.10. The second-order valence-corrected chi connectivity index (χ2v) is 12.9. The molecule has 4 rings (SSSR count). The molecule has 1 saturated carbocycles. The van der Waals surface area contributed by atoms with E-state index >= 15 is 0 Å². The first-order valence-corrected chi connectivity index (χ1v) is 15.5. The molecule has 10 heteroatoms. The lowest BCUT2D eigenvalue weighted by molar-refractivity contribution is -0.139. The van der Waals surface area contributed by atoms with Gasteiger partial charge in [0.1, 0.15) is 18.4 Å². The summed E-state index contributed by atoms with van der Waals surface area (Å²) in [6.45, 7) is 3.03. The number of carbonyl (C=O) groups is 2. The minimum Gasteiger partial charge on any atom is -0.352 e. The van der Waals surface area contributed by atoms with Crippen LogP contribution in [0.1, 0.15) is 43.7 Å². The van der Waals surface area contributed by atoms with E-state index in [4.69, 9.17) is 0 Å². The first kappa shape index (κ1) is 29.7. The third kappa shape index (κ3) is 7.28. The number of amides is 2. The van der Waals surface area contributed by atoms with Crippen LogP contribution in [0.25, 0.3) is 0 Å². The minimum absolute atomic E-state index is 0.00158. The Labute approximate surface area is 243 Å². The van der Waals surface area contributed by atoms with Crippen LogP contribution in [0.4, 0.5) is 10.1 Å². The molecule has 3 aromatic rings. The van der Waals surface area contributed by atoms with Gasteiger partial charge in [-0.3, -0.25) is 13.9 Å². The Morgan fingerprint density at radius 1 is 0.975 bits per heavy atom. The summed E-state index contributed by atoms with van der Waals surface area (Å²) in [6.07, 6.45) is 3.88. The normalized spacial score (nSPS) is 14.5. The summed E-state index contributed by atoms with van der Waals surface area (Å²) in [7, 11) is -4.20. The second-order valence-electron chi connectivity index (χ2n) is 10.1. The minimum atomic E-state index is -4.20. The molecule has 0 spiro atoms. The first-order chi connectivity index (χ1) is 19.0. The van der Waals surface area contributed by atoms with Crippen molar-refractivity contribution < 1.29 is 22.4 Å². The Balaban J connectivity index is 1.67. The maximum absolute atomic E-state index is 13.9. The van der Waals surface area contributed by atoms with Gasteiger partial charge in [0.15, 0.2) is 0 Å². The molecule has 1 atom stereocenters. The van der Waals surface area contributed by atoms with Gasteiger partial charge >= 0.3 is 0 Å². The molecule has 7 nitrogen and oxygen atoms in total. The largest absolute Gasteiger partial charge is 0.352 e. The third-order valence-corrected chi connectivity index (χ3v) is 9.45. The summed E-state index contributed by atoms with van der Waals surface area (Å²) in [6, 6.07) is 17.8. The Kier molecular flexibility index (Phi) is 9.63. The van der Waals surface area contributed by atoms with Crippen LogP contribution in [0, 0.1) is 12.7 Å². The fourth-order valence-corrected chi connectivity index (χ4v) is 6.41. The molecule has 2 amide bonds. The van der Waals surface area contributed by atoms with Gasteiger partial charge in [-0.15, -0.1) is 0 Å². The van der Waals surface area contributed by atoms with Gasteiger partial charge < -0.3 is 10.2 Å². The average molecular weight is 631 g/mol. The Hall–Kier alpha value is -3.24. The predicted molar refractivity (Wildman–Crippen MR) is 157 cm³/mol. The lowest BCUT2D eigenvalue weighted by Gasteiger charge is -2.32. The average Bonchev–Trinajstić information content (AvgIpc) is 3.44. The highest BCUT2D eigenvalue weighted by Gasteiger charge is 2.33. The molecule has 0 aromatic heterocycles. The number of anilines is 1. The Morgan fingerprint density at radius 3 is 2.17 bits per heavy atom. The van der Waals surface area contributed by atoms with E-state index in [0.29, 0.717) is 0 Å². The number of nitrogens with zero attached hydrogens (tertiary/aromatic N) is 2. The summed E-state index contributed by atoms with van der Waals surface area (Å²) >= 11 is 3.41. The van der Waals surface area contributed by atoms with Gasteiger partial charge in [-0.25, -0.2) is 12.8 Å². The number of nitrogens with one attached hydrogen (secondary N) is 1. The van der Waals surface area contributed by atoms with Crippen LogP contribution in [0.15, 0.2) is 82.2 Å². The zero-order valence-electron chi connectivity index (χ0n) is 22.5. The monoisotopic (exact) mass is 629 g/mol. The molecule has 212 valence electrons.